The summed E-state index contributed by atoms with van der Waals surface area (Å²) in [6.45, 7) is 7.19. The van der Waals surface area contributed by atoms with E-state index in [1.807, 2.05) is 42.5 Å². The molecule has 1 aromatic carbocycles. The summed E-state index contributed by atoms with van der Waals surface area (Å²) in [6.07, 6.45) is 11.7. The highest BCUT2D eigenvalue weighted by atomic mass is 16.1. The number of benzene rings is 1. The van der Waals surface area contributed by atoms with Crippen LogP contribution in [-0.2, 0) is 4.79 Å². The first-order valence-electron chi connectivity index (χ1n) is 6.48. The number of rotatable bonds is 8. The molecule has 0 spiro atoms. The number of hydrogen-bond acceptors (Lipinski definition) is 1. The molecular formula is C18H20O. The maximum atomic E-state index is 11.8. The van der Waals surface area contributed by atoms with E-state index in [1.165, 1.54) is 6.08 Å². The van der Waals surface area contributed by atoms with Crippen molar-refractivity contribution in [3.63, 3.8) is 0 Å². The molecule has 19 heavy (non-hydrogen) atoms. The Bertz CT molecular complexity index is 478. The number of allylic oxidation sites excluding steroid dienone is 5. The third kappa shape index (κ3) is 5.82. The molecule has 0 aliphatic rings. The van der Waals surface area contributed by atoms with E-state index < -0.39 is 0 Å². The average Bonchev–Trinajstić information content (AvgIpc) is 2.46. The van der Waals surface area contributed by atoms with E-state index in [-0.39, 0.29) is 5.78 Å². The van der Waals surface area contributed by atoms with Crippen molar-refractivity contribution in [3.05, 3.63) is 78.9 Å². The SMILES string of the molecule is C=C/C=C/CCC/C(=C\c1ccccc1)C(=O)C=C. The van der Waals surface area contributed by atoms with E-state index in [0.717, 1.165) is 30.4 Å². The number of unbranched alkanes of at least 4 members (excludes halogenated alkanes) is 1. The minimum Gasteiger partial charge on any atom is -0.290 e. The van der Waals surface area contributed by atoms with Crippen molar-refractivity contribution in [2.75, 3.05) is 0 Å². The Morgan fingerprint density at radius 2 is 1.89 bits per heavy atom. The summed E-state index contributed by atoms with van der Waals surface area (Å²) < 4.78 is 0. The van der Waals surface area contributed by atoms with E-state index in [0.29, 0.717) is 0 Å². The van der Waals surface area contributed by atoms with Gasteiger partial charge < -0.3 is 0 Å². The second-order valence-electron chi connectivity index (χ2n) is 4.20. The first-order chi connectivity index (χ1) is 9.27. The molecule has 1 rings (SSSR count). The Kier molecular flexibility index (Phi) is 6.96. The van der Waals surface area contributed by atoms with Gasteiger partial charge in [-0.2, -0.15) is 0 Å². The van der Waals surface area contributed by atoms with Gasteiger partial charge in [0, 0.05) is 5.57 Å². The van der Waals surface area contributed by atoms with Gasteiger partial charge in [-0.05, 0) is 37.0 Å². The first kappa shape index (κ1) is 14.9. The van der Waals surface area contributed by atoms with Gasteiger partial charge in [-0.1, -0.05) is 61.7 Å². The van der Waals surface area contributed by atoms with Crippen LogP contribution in [0.1, 0.15) is 24.8 Å². The molecule has 0 aromatic heterocycles. The van der Waals surface area contributed by atoms with Gasteiger partial charge >= 0.3 is 0 Å². The predicted octanol–water partition coefficient (Wildman–Crippen LogP) is 4.74. The van der Waals surface area contributed by atoms with Crippen molar-refractivity contribution in [1.29, 1.82) is 0 Å². The summed E-state index contributed by atoms with van der Waals surface area (Å²) in [5.74, 6) is 0.0107. The fraction of sp³-hybridized carbons (Fsp3) is 0.167. The molecule has 0 atom stereocenters. The van der Waals surface area contributed by atoms with Gasteiger partial charge in [-0.3, -0.25) is 4.79 Å². The highest BCUT2D eigenvalue weighted by Gasteiger charge is 2.05. The van der Waals surface area contributed by atoms with Gasteiger partial charge in [0.25, 0.3) is 0 Å². The fourth-order valence-corrected chi connectivity index (χ4v) is 1.75. The molecule has 0 aliphatic carbocycles. The molecule has 0 amide bonds. The number of hydrogen-bond donors (Lipinski definition) is 0. The van der Waals surface area contributed by atoms with Crippen molar-refractivity contribution in [2.24, 2.45) is 0 Å². The molecular weight excluding hydrogens is 232 g/mol. The molecule has 0 N–H and O–H groups in total. The minimum atomic E-state index is 0.0107. The molecule has 0 aliphatic heterocycles. The maximum Gasteiger partial charge on any atom is 0.181 e. The van der Waals surface area contributed by atoms with Crippen molar-refractivity contribution in [3.8, 4) is 0 Å². The quantitative estimate of drug-likeness (QED) is 0.371. The van der Waals surface area contributed by atoms with E-state index in [9.17, 15) is 4.79 Å². The summed E-state index contributed by atoms with van der Waals surface area (Å²) in [7, 11) is 0. The molecule has 1 nitrogen and oxygen atoms in total. The standard InChI is InChI=1S/C18H20O/c1-3-5-6-7-11-14-17(18(19)4-2)15-16-12-9-8-10-13-16/h3-6,8-10,12-13,15H,1-2,7,11,14H2/b6-5+,17-15+. The fourth-order valence-electron chi connectivity index (χ4n) is 1.75. The lowest BCUT2D eigenvalue weighted by atomic mass is 10.0. The van der Waals surface area contributed by atoms with Crippen LogP contribution in [0.25, 0.3) is 6.08 Å². The highest BCUT2D eigenvalue weighted by molar-refractivity contribution is 6.06. The van der Waals surface area contributed by atoms with E-state index in [2.05, 4.69) is 19.2 Å². The topological polar surface area (TPSA) is 17.1 Å². The minimum absolute atomic E-state index is 0.0107. The van der Waals surface area contributed by atoms with E-state index in [1.54, 1.807) is 6.08 Å². The average molecular weight is 252 g/mol. The van der Waals surface area contributed by atoms with Crippen molar-refractivity contribution in [1.82, 2.24) is 0 Å². The largest absolute Gasteiger partial charge is 0.290 e. The van der Waals surface area contributed by atoms with Gasteiger partial charge in [-0.15, -0.1) is 0 Å². The number of carbonyl (C=O) groups is 1. The van der Waals surface area contributed by atoms with Gasteiger partial charge in [0.1, 0.15) is 0 Å². The van der Waals surface area contributed by atoms with Crippen molar-refractivity contribution in [2.45, 2.75) is 19.3 Å². The molecule has 0 radical (unpaired) electrons. The third-order valence-electron chi connectivity index (χ3n) is 2.73. The molecule has 1 heteroatoms. The van der Waals surface area contributed by atoms with Crippen LogP contribution in [-0.4, -0.2) is 5.78 Å². The monoisotopic (exact) mass is 252 g/mol. The first-order valence-corrected chi connectivity index (χ1v) is 6.48. The summed E-state index contributed by atoms with van der Waals surface area (Å²) in [6, 6.07) is 9.89. The smallest absolute Gasteiger partial charge is 0.181 e. The van der Waals surface area contributed by atoms with Crippen LogP contribution in [0.5, 0.6) is 0 Å². The molecule has 1 aromatic rings. The van der Waals surface area contributed by atoms with Crippen LogP contribution < -0.4 is 0 Å². The normalized spacial score (nSPS) is 11.5. The van der Waals surface area contributed by atoms with Crippen LogP contribution in [0, 0.1) is 0 Å². The van der Waals surface area contributed by atoms with Crippen molar-refractivity contribution >= 4 is 11.9 Å². The Morgan fingerprint density at radius 1 is 1.16 bits per heavy atom. The van der Waals surface area contributed by atoms with Crippen LogP contribution in [0.15, 0.2) is 73.4 Å². The lowest BCUT2D eigenvalue weighted by Crippen LogP contribution is -1.98. The molecule has 0 bridgehead atoms. The Morgan fingerprint density at radius 3 is 2.53 bits per heavy atom. The lowest BCUT2D eigenvalue weighted by molar-refractivity contribution is -0.111. The lowest BCUT2D eigenvalue weighted by Gasteiger charge is -2.03. The van der Waals surface area contributed by atoms with E-state index >= 15 is 0 Å². The van der Waals surface area contributed by atoms with E-state index in [4.69, 9.17) is 0 Å². The van der Waals surface area contributed by atoms with Crippen LogP contribution in [0.2, 0.25) is 0 Å². The van der Waals surface area contributed by atoms with Gasteiger partial charge in [0.05, 0.1) is 0 Å². The Labute approximate surface area is 115 Å². The Hall–Kier alpha value is -2.15. The molecule has 0 fully saturated rings. The molecule has 98 valence electrons. The molecule has 0 unspecified atom stereocenters. The second kappa shape index (κ2) is 8.87. The van der Waals surface area contributed by atoms with Gasteiger partial charge in [0.15, 0.2) is 5.78 Å². The zero-order chi connectivity index (χ0) is 13.9. The number of ketones is 1. The zero-order valence-corrected chi connectivity index (χ0v) is 11.2. The maximum absolute atomic E-state index is 11.8. The summed E-state index contributed by atoms with van der Waals surface area (Å²) in [5, 5.41) is 0. The van der Waals surface area contributed by atoms with Crippen LogP contribution >= 0.6 is 0 Å². The number of carbonyl (C=O) groups excluding carboxylic acids is 1. The highest BCUT2D eigenvalue weighted by Crippen LogP contribution is 2.14. The zero-order valence-electron chi connectivity index (χ0n) is 11.2. The summed E-state index contributed by atoms with van der Waals surface area (Å²) in [4.78, 5) is 11.8. The molecule has 0 saturated heterocycles. The van der Waals surface area contributed by atoms with Crippen LogP contribution in [0.3, 0.4) is 0 Å². The molecule has 0 saturated carbocycles. The van der Waals surface area contributed by atoms with Crippen molar-refractivity contribution < 1.29 is 4.79 Å². The Balaban J connectivity index is 2.70. The van der Waals surface area contributed by atoms with Gasteiger partial charge in [-0.25, -0.2) is 0 Å². The third-order valence-corrected chi connectivity index (χ3v) is 2.73. The summed E-state index contributed by atoms with van der Waals surface area (Å²) >= 11 is 0. The second-order valence-corrected chi connectivity index (χ2v) is 4.20. The van der Waals surface area contributed by atoms with Crippen LogP contribution in [0.4, 0.5) is 0 Å². The predicted molar refractivity (Wildman–Crippen MR) is 82.8 cm³/mol. The summed E-state index contributed by atoms with van der Waals surface area (Å²) in [5.41, 5.74) is 1.86. The molecule has 0 heterocycles. The van der Waals surface area contributed by atoms with Gasteiger partial charge in [0.2, 0.25) is 0 Å².